The van der Waals surface area contributed by atoms with E-state index in [1.54, 1.807) is 7.11 Å². The van der Waals surface area contributed by atoms with Gasteiger partial charge in [-0.15, -0.1) is 11.3 Å². The monoisotopic (exact) mass is 456 g/mol. The second kappa shape index (κ2) is 9.50. The molecule has 4 rings (SSSR count). The number of carbonyl (C=O) groups is 2. The van der Waals surface area contributed by atoms with Gasteiger partial charge in [0.25, 0.3) is 5.91 Å². The Morgan fingerprint density at radius 2 is 1.88 bits per heavy atom. The molecule has 1 aliphatic carbocycles. The Morgan fingerprint density at radius 3 is 2.50 bits per heavy atom. The minimum atomic E-state index is -0.451. The van der Waals surface area contributed by atoms with Crippen LogP contribution in [0.2, 0.25) is 0 Å². The Bertz CT molecular complexity index is 980. The predicted octanol–water partition coefficient (Wildman–Crippen LogP) is 3.13. The number of anilines is 2. The number of carbonyl (C=O) groups excluding carboxylic acids is 2. The number of nitrogens with one attached hydrogen (secondary N) is 1. The average molecular weight is 457 g/mol. The SMILES string of the molecule is COc1ccc(N2CCN(C(C)C(=O)Nc3sc4c(c3C(N)=O)CCC(C)C4)CC2)cc1. The number of ether oxygens (including phenoxy) is 1. The standard InChI is InChI=1S/C24H32N4O3S/c1-15-4-9-19-20(14-15)32-24(21(19)22(25)29)26-23(30)16(2)27-10-12-28(13-11-27)17-5-7-18(31-3)8-6-17/h5-8,15-16H,4,9-14H2,1-3H3,(H2,25,29)(H,26,30). The number of hydrogen-bond acceptors (Lipinski definition) is 6. The number of nitrogens with two attached hydrogens (primary N) is 1. The van der Waals surface area contributed by atoms with Gasteiger partial charge < -0.3 is 20.7 Å². The Morgan fingerprint density at radius 1 is 1.19 bits per heavy atom. The first-order valence-corrected chi connectivity index (χ1v) is 12.1. The molecule has 2 unspecified atom stereocenters. The second-order valence-corrected chi connectivity index (χ2v) is 9.91. The van der Waals surface area contributed by atoms with E-state index in [1.165, 1.54) is 16.2 Å². The highest BCUT2D eigenvalue weighted by molar-refractivity contribution is 7.17. The van der Waals surface area contributed by atoms with Crippen molar-refractivity contribution in [2.24, 2.45) is 11.7 Å². The lowest BCUT2D eigenvalue weighted by Gasteiger charge is -2.38. The van der Waals surface area contributed by atoms with Crippen LogP contribution < -0.4 is 20.7 Å². The molecule has 8 heteroatoms. The molecule has 1 saturated heterocycles. The van der Waals surface area contributed by atoms with Crippen LogP contribution in [0.4, 0.5) is 10.7 Å². The van der Waals surface area contributed by atoms with E-state index in [9.17, 15) is 9.59 Å². The van der Waals surface area contributed by atoms with Crippen molar-refractivity contribution in [3.8, 4) is 5.75 Å². The van der Waals surface area contributed by atoms with Crippen LogP contribution >= 0.6 is 11.3 Å². The van der Waals surface area contributed by atoms with Gasteiger partial charge in [-0.3, -0.25) is 14.5 Å². The molecule has 2 aliphatic rings. The first-order chi connectivity index (χ1) is 15.4. The molecule has 0 saturated carbocycles. The molecule has 1 aliphatic heterocycles. The lowest BCUT2D eigenvalue weighted by Crippen LogP contribution is -2.52. The van der Waals surface area contributed by atoms with E-state index in [4.69, 9.17) is 10.5 Å². The Labute approximate surface area is 193 Å². The highest BCUT2D eigenvalue weighted by atomic mass is 32.1. The van der Waals surface area contributed by atoms with E-state index < -0.39 is 5.91 Å². The summed E-state index contributed by atoms with van der Waals surface area (Å²) in [6.07, 6.45) is 2.84. The number of piperazine rings is 1. The fourth-order valence-electron chi connectivity index (χ4n) is 4.64. The summed E-state index contributed by atoms with van der Waals surface area (Å²) in [6, 6.07) is 7.78. The Balaban J connectivity index is 1.39. The molecule has 2 amide bonds. The van der Waals surface area contributed by atoms with E-state index in [1.807, 2.05) is 19.1 Å². The fourth-order valence-corrected chi connectivity index (χ4v) is 6.06. The van der Waals surface area contributed by atoms with E-state index in [0.29, 0.717) is 16.5 Å². The summed E-state index contributed by atoms with van der Waals surface area (Å²) in [4.78, 5) is 30.9. The number of thiophene rings is 1. The topological polar surface area (TPSA) is 87.9 Å². The van der Waals surface area contributed by atoms with Crippen molar-refractivity contribution in [3.63, 3.8) is 0 Å². The molecule has 0 bridgehead atoms. The first-order valence-electron chi connectivity index (χ1n) is 11.3. The van der Waals surface area contributed by atoms with Gasteiger partial charge in [0, 0.05) is 36.7 Å². The van der Waals surface area contributed by atoms with Crippen molar-refractivity contribution in [3.05, 3.63) is 40.3 Å². The average Bonchev–Trinajstić information content (AvgIpc) is 3.15. The molecule has 0 spiro atoms. The zero-order valence-electron chi connectivity index (χ0n) is 19.0. The third-order valence-electron chi connectivity index (χ3n) is 6.67. The first kappa shape index (κ1) is 22.6. The van der Waals surface area contributed by atoms with Gasteiger partial charge in [0.2, 0.25) is 5.91 Å². The molecule has 32 heavy (non-hydrogen) atoms. The molecule has 0 radical (unpaired) electrons. The normalized spacial score (nSPS) is 19.8. The van der Waals surface area contributed by atoms with Gasteiger partial charge in [-0.1, -0.05) is 6.92 Å². The summed E-state index contributed by atoms with van der Waals surface area (Å²) >= 11 is 1.52. The zero-order valence-corrected chi connectivity index (χ0v) is 19.8. The fraction of sp³-hybridized carbons (Fsp3) is 0.500. The van der Waals surface area contributed by atoms with Crippen molar-refractivity contribution >= 4 is 33.8 Å². The van der Waals surface area contributed by atoms with Gasteiger partial charge in [-0.2, -0.15) is 0 Å². The highest BCUT2D eigenvalue weighted by Crippen LogP contribution is 2.39. The van der Waals surface area contributed by atoms with Gasteiger partial charge in [0.1, 0.15) is 10.8 Å². The lowest BCUT2D eigenvalue weighted by atomic mass is 9.88. The summed E-state index contributed by atoms with van der Waals surface area (Å²) in [7, 11) is 1.67. The van der Waals surface area contributed by atoms with Crippen molar-refractivity contribution in [1.82, 2.24) is 4.90 Å². The molecule has 3 N–H and O–H groups in total. The van der Waals surface area contributed by atoms with Crippen LogP contribution in [0.15, 0.2) is 24.3 Å². The molecule has 1 fully saturated rings. The third kappa shape index (κ3) is 4.61. The maximum absolute atomic E-state index is 13.1. The molecule has 2 aromatic rings. The van der Waals surface area contributed by atoms with E-state index in [2.05, 4.69) is 34.2 Å². The van der Waals surface area contributed by atoms with Crippen LogP contribution in [0.3, 0.4) is 0 Å². The number of primary amides is 1. The summed E-state index contributed by atoms with van der Waals surface area (Å²) < 4.78 is 5.24. The number of amides is 2. The van der Waals surface area contributed by atoms with Crippen molar-refractivity contribution in [1.29, 1.82) is 0 Å². The van der Waals surface area contributed by atoms with Crippen LogP contribution in [0.1, 0.15) is 41.1 Å². The second-order valence-electron chi connectivity index (χ2n) is 8.81. The Kier molecular flexibility index (Phi) is 6.71. The molecule has 1 aromatic carbocycles. The smallest absolute Gasteiger partial charge is 0.251 e. The summed E-state index contributed by atoms with van der Waals surface area (Å²) in [5.41, 5.74) is 8.41. The molecule has 2 atom stereocenters. The van der Waals surface area contributed by atoms with Gasteiger partial charge in [0.15, 0.2) is 0 Å². The molecular weight excluding hydrogens is 424 g/mol. The largest absolute Gasteiger partial charge is 0.497 e. The number of fused-ring (bicyclic) bond motifs is 1. The highest BCUT2D eigenvalue weighted by Gasteiger charge is 2.30. The van der Waals surface area contributed by atoms with Gasteiger partial charge in [-0.05, 0) is 61.9 Å². The van der Waals surface area contributed by atoms with Crippen molar-refractivity contribution in [2.75, 3.05) is 43.5 Å². The van der Waals surface area contributed by atoms with E-state index in [0.717, 1.165) is 62.4 Å². The number of benzene rings is 1. The van der Waals surface area contributed by atoms with Crippen LogP contribution in [-0.4, -0.2) is 56.0 Å². The number of hydrogen-bond donors (Lipinski definition) is 2. The maximum Gasteiger partial charge on any atom is 0.251 e. The maximum atomic E-state index is 13.1. The number of rotatable bonds is 6. The van der Waals surface area contributed by atoms with Crippen LogP contribution in [0.25, 0.3) is 0 Å². The Hall–Kier alpha value is -2.58. The van der Waals surface area contributed by atoms with Crippen LogP contribution in [0, 0.1) is 5.92 Å². The molecule has 2 heterocycles. The predicted molar refractivity (Wildman–Crippen MR) is 129 cm³/mol. The molecular formula is C24H32N4O3S. The molecule has 1 aromatic heterocycles. The summed E-state index contributed by atoms with van der Waals surface area (Å²) in [5.74, 6) is 0.897. The third-order valence-corrected chi connectivity index (χ3v) is 7.84. The van der Waals surface area contributed by atoms with E-state index >= 15 is 0 Å². The van der Waals surface area contributed by atoms with Gasteiger partial charge in [0.05, 0.1) is 18.7 Å². The minimum Gasteiger partial charge on any atom is -0.497 e. The van der Waals surface area contributed by atoms with Crippen LogP contribution in [-0.2, 0) is 17.6 Å². The van der Waals surface area contributed by atoms with Gasteiger partial charge in [-0.25, -0.2) is 0 Å². The van der Waals surface area contributed by atoms with E-state index in [-0.39, 0.29) is 11.9 Å². The summed E-state index contributed by atoms with van der Waals surface area (Å²) in [6.45, 7) is 7.43. The number of methoxy groups -OCH3 is 1. The summed E-state index contributed by atoms with van der Waals surface area (Å²) in [5, 5.41) is 3.64. The lowest BCUT2D eigenvalue weighted by molar-refractivity contribution is -0.120. The van der Waals surface area contributed by atoms with Crippen LogP contribution in [0.5, 0.6) is 5.75 Å². The number of nitrogens with zero attached hydrogens (tertiary/aromatic N) is 2. The molecule has 7 nitrogen and oxygen atoms in total. The minimum absolute atomic E-state index is 0.0861. The quantitative estimate of drug-likeness (QED) is 0.697. The van der Waals surface area contributed by atoms with Crippen molar-refractivity contribution < 1.29 is 14.3 Å². The van der Waals surface area contributed by atoms with Gasteiger partial charge >= 0.3 is 0 Å². The molecule has 172 valence electrons. The van der Waals surface area contributed by atoms with Crippen molar-refractivity contribution in [2.45, 2.75) is 39.2 Å². The zero-order chi connectivity index (χ0) is 22.8.